The Morgan fingerprint density at radius 1 is 0.375 bits per heavy atom. The van der Waals surface area contributed by atoms with Crippen LogP contribution in [0.15, 0.2) is 97.1 Å². The zero-order valence-electron chi connectivity index (χ0n) is 19.1. The van der Waals surface area contributed by atoms with Gasteiger partial charge in [-0.2, -0.15) is 0 Å². The van der Waals surface area contributed by atoms with Crippen molar-refractivity contribution in [1.29, 1.82) is 0 Å². The van der Waals surface area contributed by atoms with E-state index in [2.05, 4.69) is 76.2 Å². The van der Waals surface area contributed by atoms with Gasteiger partial charge in [0.1, 0.15) is 11.5 Å². The fourth-order valence-corrected chi connectivity index (χ4v) is 4.25. The van der Waals surface area contributed by atoms with Crippen LogP contribution >= 0.6 is 0 Å². The maximum atomic E-state index is 9.61. The van der Waals surface area contributed by atoms with Crippen LogP contribution in [0.4, 0.5) is 0 Å². The molecule has 0 saturated heterocycles. The van der Waals surface area contributed by atoms with Crippen molar-refractivity contribution < 1.29 is 10.2 Å². The second-order valence-corrected chi connectivity index (χ2v) is 9.50. The third-order valence-electron chi connectivity index (χ3n) is 6.72. The van der Waals surface area contributed by atoms with E-state index in [0.29, 0.717) is 0 Å². The lowest BCUT2D eigenvalue weighted by Crippen LogP contribution is -2.21. The van der Waals surface area contributed by atoms with Crippen molar-refractivity contribution in [2.75, 3.05) is 0 Å². The molecule has 32 heavy (non-hydrogen) atoms. The largest absolute Gasteiger partial charge is 0.508 e. The molecule has 0 bridgehead atoms. The van der Waals surface area contributed by atoms with Gasteiger partial charge in [-0.15, -0.1) is 0 Å². The Hall–Kier alpha value is -3.52. The summed E-state index contributed by atoms with van der Waals surface area (Å²) in [5.41, 5.74) is 6.88. The van der Waals surface area contributed by atoms with Crippen LogP contribution in [0.5, 0.6) is 11.5 Å². The lowest BCUT2D eigenvalue weighted by molar-refractivity contribution is 0.474. The average Bonchev–Trinajstić information content (AvgIpc) is 2.80. The monoisotopic (exact) mass is 422 g/mol. The van der Waals surface area contributed by atoms with Crippen molar-refractivity contribution in [3.8, 4) is 22.6 Å². The minimum atomic E-state index is -0.151. The lowest BCUT2D eigenvalue weighted by Gasteiger charge is -2.29. The number of phenolic OH excluding ortho intramolecular Hbond substituents is 2. The van der Waals surface area contributed by atoms with Crippen LogP contribution < -0.4 is 0 Å². The molecule has 0 aliphatic carbocycles. The smallest absolute Gasteiger partial charge is 0.115 e. The van der Waals surface area contributed by atoms with E-state index in [1.165, 1.54) is 22.3 Å². The summed E-state index contributed by atoms with van der Waals surface area (Å²) in [5.74, 6) is 0.571. The molecule has 0 heterocycles. The average molecular weight is 423 g/mol. The van der Waals surface area contributed by atoms with E-state index < -0.39 is 0 Å². The van der Waals surface area contributed by atoms with Crippen molar-refractivity contribution in [3.05, 3.63) is 119 Å². The van der Waals surface area contributed by atoms with Crippen molar-refractivity contribution >= 4 is 0 Å². The van der Waals surface area contributed by atoms with Gasteiger partial charge in [-0.3, -0.25) is 0 Å². The van der Waals surface area contributed by atoms with Gasteiger partial charge >= 0.3 is 0 Å². The Labute approximate surface area is 190 Å². The molecular weight excluding hydrogens is 392 g/mol. The van der Waals surface area contributed by atoms with Crippen LogP contribution in [0, 0.1) is 0 Å². The first-order valence-electron chi connectivity index (χ1n) is 11.0. The van der Waals surface area contributed by atoms with Crippen molar-refractivity contribution in [1.82, 2.24) is 0 Å². The van der Waals surface area contributed by atoms with E-state index in [1.54, 1.807) is 24.3 Å². The minimum absolute atomic E-state index is 0.130. The number of phenols is 2. The second kappa shape index (κ2) is 8.20. The van der Waals surface area contributed by atoms with Crippen molar-refractivity contribution in [3.63, 3.8) is 0 Å². The number of hydrogen-bond acceptors (Lipinski definition) is 2. The van der Waals surface area contributed by atoms with E-state index in [-0.39, 0.29) is 22.3 Å². The summed E-state index contributed by atoms with van der Waals surface area (Å²) in [4.78, 5) is 0. The zero-order chi connectivity index (χ0) is 22.9. The van der Waals surface area contributed by atoms with Crippen molar-refractivity contribution in [2.24, 2.45) is 0 Å². The van der Waals surface area contributed by atoms with Crippen LogP contribution in [-0.4, -0.2) is 10.2 Å². The first-order chi connectivity index (χ1) is 15.2. The summed E-state index contributed by atoms with van der Waals surface area (Å²) in [7, 11) is 0. The Bertz CT molecular complexity index is 1180. The van der Waals surface area contributed by atoms with Gasteiger partial charge in [-0.1, -0.05) is 100 Å². The van der Waals surface area contributed by atoms with Gasteiger partial charge < -0.3 is 10.2 Å². The summed E-state index contributed by atoms with van der Waals surface area (Å²) in [6, 6.07) is 32.3. The van der Waals surface area contributed by atoms with Gasteiger partial charge in [0.05, 0.1) is 0 Å². The molecule has 0 saturated carbocycles. The summed E-state index contributed by atoms with van der Waals surface area (Å²) in [6.07, 6.45) is 0. The third-order valence-corrected chi connectivity index (χ3v) is 6.72. The van der Waals surface area contributed by atoms with Gasteiger partial charge in [0, 0.05) is 10.8 Å². The van der Waals surface area contributed by atoms with Crippen molar-refractivity contribution in [2.45, 2.75) is 38.5 Å². The molecule has 0 spiro atoms. The molecule has 4 rings (SSSR count). The molecule has 0 radical (unpaired) electrons. The second-order valence-electron chi connectivity index (χ2n) is 9.50. The first-order valence-corrected chi connectivity index (χ1v) is 11.0. The van der Waals surface area contributed by atoms with E-state index >= 15 is 0 Å². The van der Waals surface area contributed by atoms with Gasteiger partial charge in [-0.05, 0) is 57.6 Å². The molecule has 0 atom stereocenters. The van der Waals surface area contributed by atoms with E-state index in [4.69, 9.17) is 0 Å². The normalized spacial score (nSPS) is 12.0. The topological polar surface area (TPSA) is 40.5 Å². The molecule has 0 fully saturated rings. The predicted octanol–water partition coefficient (Wildman–Crippen LogP) is 7.42. The standard InChI is InChI=1S/C30H30O2/c1-29(2,23-9-5-21(6-10-23)22-7-17-27(31)18-8-22)24-11-13-25(14-12-24)30(3,4)26-15-19-28(32)20-16-26/h5-20,31-32H,1-4H3. The predicted molar refractivity (Wildman–Crippen MR) is 132 cm³/mol. The molecule has 4 aromatic rings. The Morgan fingerprint density at radius 2 is 0.594 bits per heavy atom. The highest BCUT2D eigenvalue weighted by Gasteiger charge is 2.26. The van der Waals surface area contributed by atoms with Gasteiger partial charge in [-0.25, -0.2) is 0 Å². The molecule has 162 valence electrons. The third kappa shape index (κ3) is 4.13. The van der Waals surface area contributed by atoms with Gasteiger partial charge in [0.25, 0.3) is 0 Å². The van der Waals surface area contributed by atoms with Gasteiger partial charge in [0.2, 0.25) is 0 Å². The Balaban J connectivity index is 1.59. The highest BCUT2D eigenvalue weighted by molar-refractivity contribution is 5.65. The number of hydrogen-bond donors (Lipinski definition) is 2. The molecule has 4 aromatic carbocycles. The number of aromatic hydroxyl groups is 2. The minimum Gasteiger partial charge on any atom is -0.508 e. The van der Waals surface area contributed by atoms with Crippen LogP contribution in [-0.2, 0) is 10.8 Å². The number of benzene rings is 4. The van der Waals surface area contributed by atoms with E-state index in [1.807, 2.05) is 24.3 Å². The summed E-state index contributed by atoms with van der Waals surface area (Å²) < 4.78 is 0. The molecule has 0 amide bonds. The molecule has 0 aliphatic heterocycles. The molecule has 0 aliphatic rings. The van der Waals surface area contributed by atoms with Crippen LogP contribution in [0.2, 0.25) is 0 Å². The fraction of sp³-hybridized carbons (Fsp3) is 0.200. The highest BCUT2D eigenvalue weighted by atomic mass is 16.3. The molecule has 0 aromatic heterocycles. The highest BCUT2D eigenvalue weighted by Crippen LogP contribution is 2.36. The molecule has 2 nitrogen and oxygen atoms in total. The summed E-state index contributed by atoms with van der Waals surface area (Å²) >= 11 is 0. The Kier molecular flexibility index (Phi) is 5.56. The van der Waals surface area contributed by atoms with E-state index in [9.17, 15) is 10.2 Å². The molecular formula is C30H30O2. The number of rotatable bonds is 5. The molecule has 2 N–H and O–H groups in total. The quantitative estimate of drug-likeness (QED) is 0.351. The lowest BCUT2D eigenvalue weighted by atomic mass is 9.74. The maximum Gasteiger partial charge on any atom is 0.115 e. The molecule has 0 unspecified atom stereocenters. The summed E-state index contributed by atoms with van der Waals surface area (Å²) in [5, 5.41) is 19.1. The van der Waals surface area contributed by atoms with Crippen LogP contribution in [0.3, 0.4) is 0 Å². The van der Waals surface area contributed by atoms with Gasteiger partial charge in [0.15, 0.2) is 0 Å². The van der Waals surface area contributed by atoms with Crippen LogP contribution in [0.1, 0.15) is 49.9 Å². The maximum absolute atomic E-state index is 9.61. The van der Waals surface area contributed by atoms with Crippen LogP contribution in [0.25, 0.3) is 11.1 Å². The zero-order valence-corrected chi connectivity index (χ0v) is 19.1. The summed E-state index contributed by atoms with van der Waals surface area (Å²) in [6.45, 7) is 8.93. The van der Waals surface area contributed by atoms with E-state index in [0.717, 1.165) is 11.1 Å². The SMILES string of the molecule is CC(C)(c1ccc(O)cc1)c1ccc(C(C)(C)c2ccc(-c3ccc(O)cc3)cc2)cc1. The first kappa shape index (κ1) is 21.7. The Morgan fingerprint density at radius 3 is 0.938 bits per heavy atom. The molecule has 2 heteroatoms. The fourth-order valence-electron chi connectivity index (χ4n) is 4.25.